The molecule has 2 fully saturated rings. The van der Waals surface area contributed by atoms with E-state index in [0.29, 0.717) is 24.7 Å². The van der Waals surface area contributed by atoms with E-state index in [1.54, 1.807) is 0 Å². The lowest BCUT2D eigenvalue weighted by molar-refractivity contribution is 0.167. The zero-order valence-electron chi connectivity index (χ0n) is 15.7. The molecule has 1 aromatic rings. The quantitative estimate of drug-likeness (QED) is 0.780. The standard InChI is InChI=1S/C22H30N4/c23-10-8-19-6-2-12-25(15-19)17-21-4-1-5-22(14-21)18-26-13-3-7-20(16-26)9-11-24/h1,4-5,14,19-20H,2-3,6-9,12-13,15-18H2. The van der Waals surface area contributed by atoms with E-state index in [9.17, 15) is 0 Å². The van der Waals surface area contributed by atoms with Crippen LogP contribution in [0.15, 0.2) is 24.3 Å². The Kier molecular flexibility index (Phi) is 7.06. The van der Waals surface area contributed by atoms with Crippen molar-refractivity contribution in [3.05, 3.63) is 35.4 Å². The van der Waals surface area contributed by atoms with Gasteiger partial charge in [0.2, 0.25) is 0 Å². The predicted molar refractivity (Wildman–Crippen MR) is 103 cm³/mol. The Bertz CT molecular complexity index is 604. The molecule has 2 atom stereocenters. The largest absolute Gasteiger partial charge is 0.299 e. The summed E-state index contributed by atoms with van der Waals surface area (Å²) >= 11 is 0. The monoisotopic (exact) mass is 350 g/mol. The highest BCUT2D eigenvalue weighted by Gasteiger charge is 2.21. The lowest BCUT2D eigenvalue weighted by Gasteiger charge is -2.32. The van der Waals surface area contributed by atoms with Gasteiger partial charge in [0.05, 0.1) is 12.1 Å². The third-order valence-electron chi connectivity index (χ3n) is 5.77. The molecule has 0 N–H and O–H groups in total. The van der Waals surface area contributed by atoms with Crippen LogP contribution in [0.5, 0.6) is 0 Å². The second-order valence-corrected chi connectivity index (χ2v) is 8.03. The molecule has 26 heavy (non-hydrogen) atoms. The maximum absolute atomic E-state index is 8.95. The summed E-state index contributed by atoms with van der Waals surface area (Å²) in [5, 5.41) is 17.9. The zero-order chi connectivity index (χ0) is 18.2. The molecule has 2 heterocycles. The number of nitriles is 2. The highest BCUT2D eigenvalue weighted by atomic mass is 15.1. The third-order valence-corrected chi connectivity index (χ3v) is 5.77. The maximum Gasteiger partial charge on any atom is 0.0625 e. The van der Waals surface area contributed by atoms with Crippen LogP contribution in [0.3, 0.4) is 0 Å². The Morgan fingerprint density at radius 2 is 1.35 bits per heavy atom. The van der Waals surface area contributed by atoms with Gasteiger partial charge < -0.3 is 0 Å². The molecule has 0 bridgehead atoms. The predicted octanol–water partition coefficient (Wildman–Crippen LogP) is 3.94. The van der Waals surface area contributed by atoms with Crippen molar-refractivity contribution < 1.29 is 0 Å². The molecular weight excluding hydrogens is 320 g/mol. The first-order valence-corrected chi connectivity index (χ1v) is 10.0. The molecule has 0 aliphatic carbocycles. The molecule has 0 amide bonds. The van der Waals surface area contributed by atoms with Crippen LogP contribution < -0.4 is 0 Å². The lowest BCUT2D eigenvalue weighted by Crippen LogP contribution is -2.35. The summed E-state index contributed by atoms with van der Waals surface area (Å²) in [4.78, 5) is 5.02. The van der Waals surface area contributed by atoms with Crippen molar-refractivity contribution in [2.24, 2.45) is 11.8 Å². The van der Waals surface area contributed by atoms with Crippen LogP contribution in [0, 0.1) is 34.5 Å². The van der Waals surface area contributed by atoms with Gasteiger partial charge in [-0.3, -0.25) is 9.80 Å². The second kappa shape index (κ2) is 9.72. The molecule has 2 saturated heterocycles. The van der Waals surface area contributed by atoms with E-state index in [0.717, 1.165) is 39.3 Å². The summed E-state index contributed by atoms with van der Waals surface area (Å²) in [5.74, 6) is 1.09. The van der Waals surface area contributed by atoms with Crippen LogP contribution in [0.4, 0.5) is 0 Å². The van der Waals surface area contributed by atoms with Crippen LogP contribution in [-0.2, 0) is 13.1 Å². The van der Waals surface area contributed by atoms with Gasteiger partial charge in [0.1, 0.15) is 0 Å². The first-order valence-electron chi connectivity index (χ1n) is 10.0. The fourth-order valence-electron chi connectivity index (χ4n) is 4.52. The zero-order valence-corrected chi connectivity index (χ0v) is 15.7. The van der Waals surface area contributed by atoms with Gasteiger partial charge in [-0.15, -0.1) is 0 Å². The molecule has 2 aliphatic heterocycles. The Morgan fingerprint density at radius 1 is 0.846 bits per heavy atom. The van der Waals surface area contributed by atoms with Crippen LogP contribution >= 0.6 is 0 Å². The average molecular weight is 351 g/mol. The summed E-state index contributed by atoms with van der Waals surface area (Å²) < 4.78 is 0. The minimum atomic E-state index is 0.544. The van der Waals surface area contributed by atoms with E-state index >= 15 is 0 Å². The number of hydrogen-bond acceptors (Lipinski definition) is 4. The maximum atomic E-state index is 8.95. The topological polar surface area (TPSA) is 54.1 Å². The molecule has 0 saturated carbocycles. The Labute approximate surface area is 158 Å². The molecule has 2 aliphatic rings. The fraction of sp³-hybridized carbons (Fsp3) is 0.636. The number of piperidine rings is 2. The molecule has 138 valence electrons. The summed E-state index contributed by atoms with van der Waals surface area (Å²) in [5.41, 5.74) is 2.76. The molecule has 1 aromatic carbocycles. The molecule has 4 heteroatoms. The highest BCUT2D eigenvalue weighted by molar-refractivity contribution is 5.23. The van der Waals surface area contributed by atoms with Gasteiger partial charge in [-0.05, 0) is 61.7 Å². The van der Waals surface area contributed by atoms with E-state index in [1.807, 2.05) is 0 Å². The van der Waals surface area contributed by atoms with E-state index < -0.39 is 0 Å². The summed E-state index contributed by atoms with van der Waals surface area (Å²) in [6.07, 6.45) is 6.19. The molecule has 0 aromatic heterocycles. The summed E-state index contributed by atoms with van der Waals surface area (Å²) in [6, 6.07) is 13.7. The van der Waals surface area contributed by atoms with Crippen molar-refractivity contribution in [1.82, 2.24) is 9.80 Å². The number of benzene rings is 1. The number of nitrogens with zero attached hydrogens (tertiary/aromatic N) is 4. The second-order valence-electron chi connectivity index (χ2n) is 8.03. The first kappa shape index (κ1) is 18.9. The summed E-state index contributed by atoms with van der Waals surface area (Å²) in [6.45, 7) is 6.39. The van der Waals surface area contributed by atoms with E-state index in [2.05, 4.69) is 46.2 Å². The van der Waals surface area contributed by atoms with Gasteiger partial charge in [0.15, 0.2) is 0 Å². The number of likely N-dealkylation sites (tertiary alicyclic amines) is 2. The van der Waals surface area contributed by atoms with E-state index in [-0.39, 0.29) is 0 Å². The molecule has 3 rings (SSSR count). The van der Waals surface area contributed by atoms with Crippen LogP contribution in [0.1, 0.15) is 49.7 Å². The minimum absolute atomic E-state index is 0.544. The van der Waals surface area contributed by atoms with Crippen molar-refractivity contribution in [1.29, 1.82) is 10.5 Å². The normalized spacial score (nSPS) is 24.7. The molecule has 0 radical (unpaired) electrons. The van der Waals surface area contributed by atoms with Gasteiger partial charge in [0, 0.05) is 39.0 Å². The van der Waals surface area contributed by atoms with Gasteiger partial charge in [-0.2, -0.15) is 10.5 Å². The van der Waals surface area contributed by atoms with Crippen LogP contribution in [0.2, 0.25) is 0 Å². The van der Waals surface area contributed by atoms with Gasteiger partial charge >= 0.3 is 0 Å². The van der Waals surface area contributed by atoms with Crippen LogP contribution in [0.25, 0.3) is 0 Å². The Morgan fingerprint density at radius 3 is 1.81 bits per heavy atom. The molecule has 0 spiro atoms. The van der Waals surface area contributed by atoms with Crippen molar-refractivity contribution in [3.8, 4) is 12.1 Å². The van der Waals surface area contributed by atoms with Crippen molar-refractivity contribution >= 4 is 0 Å². The van der Waals surface area contributed by atoms with Crippen LogP contribution in [-0.4, -0.2) is 36.0 Å². The van der Waals surface area contributed by atoms with Crippen molar-refractivity contribution in [2.75, 3.05) is 26.2 Å². The lowest BCUT2D eigenvalue weighted by atomic mass is 9.94. The molecule has 4 nitrogen and oxygen atoms in total. The van der Waals surface area contributed by atoms with E-state index in [4.69, 9.17) is 10.5 Å². The molecule has 2 unspecified atom stereocenters. The Hall–Kier alpha value is -1.88. The smallest absolute Gasteiger partial charge is 0.0625 e. The summed E-state index contributed by atoms with van der Waals surface area (Å²) in [7, 11) is 0. The number of rotatable bonds is 6. The third kappa shape index (κ3) is 5.56. The van der Waals surface area contributed by atoms with Gasteiger partial charge in [-0.1, -0.05) is 24.3 Å². The van der Waals surface area contributed by atoms with Gasteiger partial charge in [0.25, 0.3) is 0 Å². The highest BCUT2D eigenvalue weighted by Crippen LogP contribution is 2.23. The minimum Gasteiger partial charge on any atom is -0.299 e. The molecular formula is C22H30N4. The van der Waals surface area contributed by atoms with E-state index in [1.165, 1.54) is 36.8 Å². The average Bonchev–Trinajstić information content (AvgIpc) is 2.63. The first-order chi connectivity index (χ1) is 12.8. The SMILES string of the molecule is N#CCC1CCCN(Cc2cccc(CN3CCCC(CC#N)C3)c2)C1. The van der Waals surface area contributed by atoms with Crippen molar-refractivity contribution in [3.63, 3.8) is 0 Å². The van der Waals surface area contributed by atoms with Crippen molar-refractivity contribution in [2.45, 2.75) is 51.6 Å². The number of hydrogen-bond donors (Lipinski definition) is 0. The van der Waals surface area contributed by atoms with Gasteiger partial charge in [-0.25, -0.2) is 0 Å². The Balaban J connectivity index is 1.55. The fourth-order valence-corrected chi connectivity index (χ4v) is 4.52.